The van der Waals surface area contributed by atoms with Crippen molar-refractivity contribution in [3.8, 4) is 0 Å². The summed E-state index contributed by atoms with van der Waals surface area (Å²) in [4.78, 5) is 12.0. The molecule has 0 unspecified atom stereocenters. The standard InChI is InChI=1S/C13H17BrN2O.ClH/c1-9-7-11(14)4-5-12(9)16-13(17)10-3-2-6-15-8-10;/h4-5,7,10,15H,2-3,6,8H2,1H3,(H,16,17);1H/t10-;/m1./s1. The number of benzene rings is 1. The van der Waals surface area contributed by atoms with Crippen molar-refractivity contribution in [3.05, 3.63) is 28.2 Å². The molecular formula is C13H18BrClN2O. The van der Waals surface area contributed by atoms with Crippen LogP contribution in [0.3, 0.4) is 0 Å². The molecule has 0 aliphatic carbocycles. The van der Waals surface area contributed by atoms with Crippen LogP contribution in [0.4, 0.5) is 5.69 Å². The predicted molar refractivity (Wildman–Crippen MR) is 80.4 cm³/mol. The van der Waals surface area contributed by atoms with Gasteiger partial charge in [0.25, 0.3) is 0 Å². The fourth-order valence-corrected chi connectivity index (χ4v) is 2.55. The number of aryl methyl sites for hydroxylation is 1. The van der Waals surface area contributed by atoms with Crippen LogP contribution in [-0.4, -0.2) is 19.0 Å². The molecule has 1 aliphatic heterocycles. The van der Waals surface area contributed by atoms with E-state index in [-0.39, 0.29) is 24.2 Å². The second kappa shape index (κ2) is 7.12. The van der Waals surface area contributed by atoms with Crippen LogP contribution in [0.15, 0.2) is 22.7 Å². The molecule has 2 N–H and O–H groups in total. The first-order valence-corrected chi connectivity index (χ1v) is 6.74. The van der Waals surface area contributed by atoms with Gasteiger partial charge in [0.2, 0.25) is 5.91 Å². The first-order chi connectivity index (χ1) is 8.16. The van der Waals surface area contributed by atoms with Crippen molar-refractivity contribution in [3.63, 3.8) is 0 Å². The fourth-order valence-electron chi connectivity index (χ4n) is 2.08. The van der Waals surface area contributed by atoms with Gasteiger partial charge < -0.3 is 10.6 Å². The van der Waals surface area contributed by atoms with Gasteiger partial charge in [-0.3, -0.25) is 4.79 Å². The second-order valence-electron chi connectivity index (χ2n) is 4.49. The number of hydrogen-bond donors (Lipinski definition) is 2. The third-order valence-electron chi connectivity index (χ3n) is 3.11. The summed E-state index contributed by atoms with van der Waals surface area (Å²) in [7, 11) is 0. The minimum Gasteiger partial charge on any atom is -0.326 e. The molecule has 1 aromatic carbocycles. The van der Waals surface area contributed by atoms with E-state index >= 15 is 0 Å². The minimum absolute atomic E-state index is 0. The van der Waals surface area contributed by atoms with Gasteiger partial charge in [0, 0.05) is 16.7 Å². The molecule has 1 aromatic rings. The highest BCUT2D eigenvalue weighted by atomic mass is 79.9. The molecule has 1 amide bonds. The Morgan fingerprint density at radius 1 is 1.50 bits per heavy atom. The van der Waals surface area contributed by atoms with Crippen molar-refractivity contribution in [2.75, 3.05) is 18.4 Å². The lowest BCUT2D eigenvalue weighted by atomic mass is 9.98. The van der Waals surface area contributed by atoms with Crippen molar-refractivity contribution >= 4 is 39.9 Å². The minimum atomic E-state index is 0. The van der Waals surface area contributed by atoms with Gasteiger partial charge >= 0.3 is 0 Å². The number of amides is 1. The van der Waals surface area contributed by atoms with Gasteiger partial charge in [0.1, 0.15) is 0 Å². The van der Waals surface area contributed by atoms with Crippen LogP contribution in [0.2, 0.25) is 0 Å². The van der Waals surface area contributed by atoms with E-state index in [0.717, 1.165) is 41.7 Å². The summed E-state index contributed by atoms with van der Waals surface area (Å²) in [5, 5.41) is 6.26. The van der Waals surface area contributed by atoms with Crippen LogP contribution in [0, 0.1) is 12.8 Å². The van der Waals surface area contributed by atoms with Crippen LogP contribution in [0.5, 0.6) is 0 Å². The van der Waals surface area contributed by atoms with Crippen LogP contribution in [0.25, 0.3) is 0 Å². The van der Waals surface area contributed by atoms with Crippen LogP contribution in [-0.2, 0) is 4.79 Å². The highest BCUT2D eigenvalue weighted by molar-refractivity contribution is 9.10. The van der Waals surface area contributed by atoms with E-state index in [1.165, 1.54) is 0 Å². The van der Waals surface area contributed by atoms with Gasteiger partial charge in [-0.2, -0.15) is 0 Å². The molecule has 1 aliphatic rings. The number of hydrogen-bond acceptors (Lipinski definition) is 2. The van der Waals surface area contributed by atoms with Gasteiger partial charge in [-0.1, -0.05) is 15.9 Å². The first-order valence-electron chi connectivity index (χ1n) is 5.94. The topological polar surface area (TPSA) is 41.1 Å². The quantitative estimate of drug-likeness (QED) is 0.873. The zero-order chi connectivity index (χ0) is 12.3. The summed E-state index contributed by atoms with van der Waals surface area (Å²) in [6.07, 6.45) is 2.06. The fraction of sp³-hybridized carbons (Fsp3) is 0.462. The molecule has 0 spiro atoms. The van der Waals surface area contributed by atoms with Crippen LogP contribution in [0.1, 0.15) is 18.4 Å². The number of carbonyl (C=O) groups is 1. The van der Waals surface area contributed by atoms with E-state index in [0.29, 0.717) is 0 Å². The van der Waals surface area contributed by atoms with Crippen molar-refractivity contribution < 1.29 is 4.79 Å². The Hall–Kier alpha value is -0.580. The lowest BCUT2D eigenvalue weighted by molar-refractivity contribution is -0.120. The summed E-state index contributed by atoms with van der Waals surface area (Å²) in [6.45, 7) is 3.82. The Bertz CT molecular complexity index is 419. The third kappa shape index (κ3) is 3.97. The van der Waals surface area contributed by atoms with Crippen molar-refractivity contribution in [2.24, 2.45) is 5.92 Å². The number of rotatable bonds is 2. The van der Waals surface area contributed by atoms with Crippen molar-refractivity contribution in [1.82, 2.24) is 5.32 Å². The second-order valence-corrected chi connectivity index (χ2v) is 5.41. The monoisotopic (exact) mass is 332 g/mol. The molecule has 0 bridgehead atoms. The summed E-state index contributed by atoms with van der Waals surface area (Å²) in [5.41, 5.74) is 1.99. The Morgan fingerprint density at radius 3 is 2.89 bits per heavy atom. The molecule has 0 radical (unpaired) electrons. The number of nitrogens with one attached hydrogen (secondary N) is 2. The maximum Gasteiger partial charge on any atom is 0.228 e. The SMILES string of the molecule is Cc1cc(Br)ccc1NC(=O)[C@@H]1CCCNC1.Cl. The molecule has 1 saturated heterocycles. The molecule has 1 heterocycles. The maximum absolute atomic E-state index is 12.0. The zero-order valence-corrected chi connectivity index (χ0v) is 12.7. The van der Waals surface area contributed by atoms with E-state index in [9.17, 15) is 4.79 Å². The third-order valence-corrected chi connectivity index (χ3v) is 3.61. The largest absolute Gasteiger partial charge is 0.326 e. The Balaban J connectivity index is 0.00000162. The summed E-state index contributed by atoms with van der Waals surface area (Å²) < 4.78 is 1.03. The average Bonchev–Trinajstić information content (AvgIpc) is 2.34. The van der Waals surface area contributed by atoms with E-state index < -0.39 is 0 Å². The van der Waals surface area contributed by atoms with E-state index in [1.807, 2.05) is 25.1 Å². The van der Waals surface area contributed by atoms with E-state index in [2.05, 4.69) is 26.6 Å². The number of anilines is 1. The molecule has 2 rings (SSSR count). The molecule has 100 valence electrons. The lowest BCUT2D eigenvalue weighted by Gasteiger charge is -2.22. The summed E-state index contributed by atoms with van der Waals surface area (Å²) in [6, 6.07) is 5.89. The normalized spacial score (nSPS) is 18.9. The number of halogens is 2. The van der Waals surface area contributed by atoms with Crippen LogP contribution < -0.4 is 10.6 Å². The Morgan fingerprint density at radius 2 is 2.28 bits per heavy atom. The van der Waals surface area contributed by atoms with Crippen molar-refractivity contribution in [1.29, 1.82) is 0 Å². The van der Waals surface area contributed by atoms with Gasteiger partial charge in [-0.15, -0.1) is 12.4 Å². The van der Waals surface area contributed by atoms with Crippen LogP contribution >= 0.6 is 28.3 Å². The number of piperidine rings is 1. The molecule has 3 nitrogen and oxygen atoms in total. The van der Waals surface area contributed by atoms with E-state index in [4.69, 9.17) is 0 Å². The molecule has 18 heavy (non-hydrogen) atoms. The molecule has 1 fully saturated rings. The first kappa shape index (κ1) is 15.5. The molecule has 0 aromatic heterocycles. The smallest absolute Gasteiger partial charge is 0.228 e. The molecule has 1 atom stereocenters. The van der Waals surface area contributed by atoms with Gasteiger partial charge in [-0.25, -0.2) is 0 Å². The summed E-state index contributed by atoms with van der Waals surface area (Å²) >= 11 is 3.42. The van der Waals surface area contributed by atoms with Gasteiger partial charge in [0.05, 0.1) is 5.92 Å². The predicted octanol–water partition coefficient (Wildman–Crippen LogP) is 3.12. The Labute approximate surface area is 122 Å². The maximum atomic E-state index is 12.0. The molecule has 0 saturated carbocycles. The lowest BCUT2D eigenvalue weighted by Crippen LogP contribution is -2.37. The molecule has 5 heteroatoms. The van der Waals surface area contributed by atoms with E-state index in [1.54, 1.807) is 0 Å². The Kier molecular flexibility index (Phi) is 6.12. The van der Waals surface area contributed by atoms with Gasteiger partial charge in [0.15, 0.2) is 0 Å². The zero-order valence-electron chi connectivity index (χ0n) is 10.3. The average molecular weight is 334 g/mol. The molecular weight excluding hydrogens is 316 g/mol. The highest BCUT2D eigenvalue weighted by Gasteiger charge is 2.21. The van der Waals surface area contributed by atoms with Gasteiger partial charge in [-0.05, 0) is 50.1 Å². The highest BCUT2D eigenvalue weighted by Crippen LogP contribution is 2.21. The number of carbonyl (C=O) groups excluding carboxylic acids is 1. The summed E-state index contributed by atoms with van der Waals surface area (Å²) in [5.74, 6) is 0.231. The van der Waals surface area contributed by atoms with Crippen molar-refractivity contribution in [2.45, 2.75) is 19.8 Å².